The second-order valence-corrected chi connectivity index (χ2v) is 7.29. The van der Waals surface area contributed by atoms with Gasteiger partial charge in [-0.2, -0.15) is 4.98 Å². The van der Waals surface area contributed by atoms with E-state index in [2.05, 4.69) is 25.2 Å². The molecular formula is C24H20FN5O. The molecule has 4 aromatic rings. The van der Waals surface area contributed by atoms with Crippen molar-refractivity contribution in [3.63, 3.8) is 0 Å². The summed E-state index contributed by atoms with van der Waals surface area (Å²) in [4.78, 5) is 15.3. The van der Waals surface area contributed by atoms with Crippen LogP contribution in [0.1, 0.15) is 11.1 Å². The van der Waals surface area contributed by atoms with Crippen molar-refractivity contribution < 1.29 is 9.13 Å². The van der Waals surface area contributed by atoms with Gasteiger partial charge in [-0.1, -0.05) is 6.07 Å². The Labute approximate surface area is 179 Å². The van der Waals surface area contributed by atoms with Crippen molar-refractivity contribution in [2.24, 2.45) is 0 Å². The Morgan fingerprint density at radius 1 is 1.00 bits per heavy atom. The van der Waals surface area contributed by atoms with Gasteiger partial charge in [0.15, 0.2) is 0 Å². The van der Waals surface area contributed by atoms with Crippen LogP contribution in [0.15, 0.2) is 73.1 Å². The van der Waals surface area contributed by atoms with Gasteiger partial charge in [-0.3, -0.25) is 0 Å². The molecule has 0 spiro atoms. The molecular weight excluding hydrogens is 393 g/mol. The van der Waals surface area contributed by atoms with Crippen molar-refractivity contribution in [3.05, 3.63) is 90.0 Å². The Balaban J connectivity index is 1.33. The minimum atomic E-state index is -0.248. The van der Waals surface area contributed by atoms with Gasteiger partial charge in [-0.05, 0) is 73.0 Å². The number of hydrogen-bond donors (Lipinski definition) is 1. The Kier molecular flexibility index (Phi) is 4.92. The number of aromatic nitrogens is 3. The van der Waals surface area contributed by atoms with E-state index in [0.29, 0.717) is 28.8 Å². The Morgan fingerprint density at radius 3 is 2.77 bits per heavy atom. The van der Waals surface area contributed by atoms with Gasteiger partial charge in [0.25, 0.3) is 0 Å². The summed E-state index contributed by atoms with van der Waals surface area (Å²) in [7, 11) is 0. The Morgan fingerprint density at radius 2 is 1.94 bits per heavy atom. The van der Waals surface area contributed by atoms with Crippen LogP contribution in [-0.2, 0) is 6.42 Å². The first kappa shape index (κ1) is 19.0. The first-order valence-corrected chi connectivity index (χ1v) is 10.0. The zero-order chi connectivity index (χ0) is 21.2. The van der Waals surface area contributed by atoms with Crippen molar-refractivity contribution in [3.8, 4) is 11.6 Å². The summed E-state index contributed by atoms with van der Waals surface area (Å²) in [6, 6.07) is 18.4. The third-order valence-electron chi connectivity index (χ3n) is 5.14. The quantitative estimate of drug-likeness (QED) is 0.463. The van der Waals surface area contributed by atoms with Crippen molar-refractivity contribution in [2.45, 2.75) is 13.3 Å². The fourth-order valence-corrected chi connectivity index (χ4v) is 3.62. The van der Waals surface area contributed by atoms with Crippen LogP contribution in [0.25, 0.3) is 0 Å². The van der Waals surface area contributed by atoms with E-state index < -0.39 is 0 Å². The monoisotopic (exact) mass is 413 g/mol. The third-order valence-corrected chi connectivity index (χ3v) is 5.14. The normalized spacial score (nSPS) is 12.5. The molecule has 0 unspecified atom stereocenters. The second kappa shape index (κ2) is 8.02. The van der Waals surface area contributed by atoms with Gasteiger partial charge in [0, 0.05) is 36.4 Å². The number of halogens is 1. The number of nitrogens with one attached hydrogen (secondary N) is 1. The zero-order valence-corrected chi connectivity index (χ0v) is 16.9. The predicted octanol–water partition coefficient (Wildman–Crippen LogP) is 5.55. The number of pyridine rings is 1. The number of rotatable bonds is 5. The van der Waals surface area contributed by atoms with E-state index in [-0.39, 0.29) is 5.82 Å². The van der Waals surface area contributed by atoms with Crippen LogP contribution >= 0.6 is 0 Å². The fourth-order valence-electron chi connectivity index (χ4n) is 3.62. The molecule has 0 saturated heterocycles. The molecule has 0 radical (unpaired) electrons. The molecule has 0 amide bonds. The molecule has 5 rings (SSSR count). The molecule has 0 atom stereocenters. The summed E-state index contributed by atoms with van der Waals surface area (Å²) < 4.78 is 19.5. The summed E-state index contributed by atoms with van der Waals surface area (Å²) in [6.07, 6.45) is 4.35. The maximum Gasteiger partial charge on any atom is 0.230 e. The van der Waals surface area contributed by atoms with Crippen molar-refractivity contribution >= 4 is 23.1 Å². The molecule has 1 aliphatic rings. The zero-order valence-electron chi connectivity index (χ0n) is 16.9. The first-order valence-electron chi connectivity index (χ1n) is 10.0. The van der Waals surface area contributed by atoms with Gasteiger partial charge in [-0.25, -0.2) is 14.4 Å². The minimum absolute atomic E-state index is 0.248. The van der Waals surface area contributed by atoms with E-state index in [1.54, 1.807) is 37.5 Å². The van der Waals surface area contributed by atoms with Crippen molar-refractivity contribution in [1.82, 2.24) is 15.0 Å². The predicted molar refractivity (Wildman–Crippen MR) is 118 cm³/mol. The molecule has 3 heterocycles. The third kappa shape index (κ3) is 4.02. The van der Waals surface area contributed by atoms with Crippen LogP contribution in [-0.4, -0.2) is 21.5 Å². The lowest BCUT2D eigenvalue weighted by Gasteiger charge is -2.18. The van der Waals surface area contributed by atoms with Gasteiger partial charge in [0.1, 0.15) is 17.4 Å². The van der Waals surface area contributed by atoms with Crippen molar-refractivity contribution in [1.29, 1.82) is 0 Å². The van der Waals surface area contributed by atoms with E-state index in [0.717, 1.165) is 24.5 Å². The van der Waals surface area contributed by atoms with Crippen LogP contribution in [0, 0.1) is 12.7 Å². The maximum atomic E-state index is 13.5. The van der Waals surface area contributed by atoms with E-state index >= 15 is 0 Å². The van der Waals surface area contributed by atoms with E-state index in [1.165, 1.54) is 11.6 Å². The van der Waals surface area contributed by atoms with Crippen LogP contribution < -0.4 is 15.0 Å². The molecule has 2 aromatic carbocycles. The van der Waals surface area contributed by atoms with Crippen molar-refractivity contribution in [2.75, 3.05) is 16.8 Å². The minimum Gasteiger partial charge on any atom is -0.439 e. The van der Waals surface area contributed by atoms with Crippen LogP contribution in [0.5, 0.6) is 11.6 Å². The Hall–Kier alpha value is -4.00. The largest absolute Gasteiger partial charge is 0.439 e. The lowest BCUT2D eigenvalue weighted by molar-refractivity contribution is 0.462. The standard InChI is InChI=1S/C24H20FN5O/c1-16-14-18(5-7-20(16)25)28-24-27-12-9-23(29-24)31-19-6-8-21-17(15-19)10-13-30(21)22-4-2-3-11-26-22/h2-9,11-12,14-15H,10,13H2,1H3,(H,27,28,29). The van der Waals surface area contributed by atoms with Gasteiger partial charge < -0.3 is 15.0 Å². The van der Waals surface area contributed by atoms with Gasteiger partial charge >= 0.3 is 0 Å². The average molecular weight is 413 g/mol. The van der Waals surface area contributed by atoms with E-state index in [1.807, 2.05) is 36.4 Å². The summed E-state index contributed by atoms with van der Waals surface area (Å²) in [5, 5.41) is 3.08. The van der Waals surface area contributed by atoms with Crippen LogP contribution in [0.4, 0.5) is 27.5 Å². The first-order chi connectivity index (χ1) is 15.2. The molecule has 0 fully saturated rings. The average Bonchev–Trinajstić information content (AvgIpc) is 3.20. The molecule has 2 aromatic heterocycles. The number of nitrogens with zero attached hydrogens (tertiary/aromatic N) is 4. The second-order valence-electron chi connectivity index (χ2n) is 7.29. The van der Waals surface area contributed by atoms with E-state index in [4.69, 9.17) is 4.74 Å². The SMILES string of the molecule is Cc1cc(Nc2nccc(Oc3ccc4c(c3)CCN4c3ccccn3)n2)ccc1F. The molecule has 31 heavy (non-hydrogen) atoms. The number of hydrogen-bond acceptors (Lipinski definition) is 6. The molecule has 0 bridgehead atoms. The number of anilines is 4. The highest BCUT2D eigenvalue weighted by Crippen LogP contribution is 2.36. The lowest BCUT2D eigenvalue weighted by Crippen LogP contribution is -2.14. The molecule has 7 heteroatoms. The molecule has 0 aliphatic carbocycles. The smallest absolute Gasteiger partial charge is 0.230 e. The Bertz CT molecular complexity index is 1230. The molecule has 1 N–H and O–H groups in total. The highest BCUT2D eigenvalue weighted by atomic mass is 19.1. The maximum absolute atomic E-state index is 13.5. The topological polar surface area (TPSA) is 63.2 Å². The molecule has 6 nitrogen and oxygen atoms in total. The van der Waals surface area contributed by atoms with Gasteiger partial charge in [0.05, 0.1) is 0 Å². The van der Waals surface area contributed by atoms with E-state index in [9.17, 15) is 4.39 Å². The highest BCUT2D eigenvalue weighted by molar-refractivity contribution is 5.68. The fraction of sp³-hybridized carbons (Fsp3) is 0.125. The number of benzene rings is 2. The van der Waals surface area contributed by atoms with Crippen LogP contribution in [0.2, 0.25) is 0 Å². The summed E-state index contributed by atoms with van der Waals surface area (Å²) in [5.74, 6) is 2.21. The lowest BCUT2D eigenvalue weighted by atomic mass is 10.1. The molecule has 154 valence electrons. The number of aryl methyl sites for hydroxylation is 1. The molecule has 1 aliphatic heterocycles. The highest BCUT2D eigenvalue weighted by Gasteiger charge is 2.21. The number of ether oxygens (including phenoxy) is 1. The summed E-state index contributed by atoms with van der Waals surface area (Å²) in [5.41, 5.74) is 3.61. The number of fused-ring (bicyclic) bond motifs is 1. The van der Waals surface area contributed by atoms with Gasteiger partial charge in [0.2, 0.25) is 11.8 Å². The summed E-state index contributed by atoms with van der Waals surface area (Å²) >= 11 is 0. The van der Waals surface area contributed by atoms with Crippen LogP contribution in [0.3, 0.4) is 0 Å². The molecule has 0 saturated carbocycles. The van der Waals surface area contributed by atoms with Gasteiger partial charge in [-0.15, -0.1) is 0 Å². The summed E-state index contributed by atoms with van der Waals surface area (Å²) in [6.45, 7) is 2.60.